The number of fused-ring (bicyclic) bond motifs is 2. The number of ether oxygens (including phenoxy) is 2. The number of allylic oxidation sites excluding steroid dienone is 3. The summed E-state index contributed by atoms with van der Waals surface area (Å²) < 4.78 is 12.7. The molecule has 0 radical (unpaired) electrons. The molecule has 4 aliphatic heterocycles. The van der Waals surface area contributed by atoms with Gasteiger partial charge in [0.1, 0.15) is 5.75 Å². The van der Waals surface area contributed by atoms with Crippen molar-refractivity contribution in [3.8, 4) is 5.75 Å². The molecule has 3 saturated heterocycles. The van der Waals surface area contributed by atoms with Gasteiger partial charge >= 0.3 is 0 Å². The monoisotopic (exact) mass is 713 g/mol. The number of aliphatic hydroxyl groups excluding tert-OH is 1. The number of nitrogens with zero attached hydrogens (tertiary/aromatic N) is 3. The Kier molecular flexibility index (Phi) is 10.7. The summed E-state index contributed by atoms with van der Waals surface area (Å²) in [6.07, 6.45) is 7.99. The molecule has 3 fully saturated rings. The number of rotatable bonds is 12. The van der Waals surface area contributed by atoms with E-state index in [9.17, 15) is 14.7 Å². The van der Waals surface area contributed by atoms with Crippen molar-refractivity contribution in [3.63, 3.8) is 0 Å². The summed E-state index contributed by atoms with van der Waals surface area (Å²) in [5, 5.41) is 11.3. The highest BCUT2D eigenvalue weighted by Gasteiger charge is 2.66. The third-order valence-electron chi connectivity index (χ3n) is 12.0. The summed E-state index contributed by atoms with van der Waals surface area (Å²) in [6.45, 7) is 14.7. The molecule has 4 heterocycles. The van der Waals surface area contributed by atoms with Crippen molar-refractivity contribution >= 4 is 42.4 Å². The standard InChI is InChI=1S/C41H55N3O6Si/c1-27(2)10-8-11-28(3)19-22-44-35-18-13-30(43-23-20-37(43)46)24-34(35)41(40(44)48)29(4)39(51(6,7)33-16-14-32(49-5)15-17-33)36(50-41)25-38(47)42-21-9-12-31(42)26-45/h10,13-19,24,29,31,36,39,45H,8-9,11-12,20-23,25-26H2,1-7H3/b28-19+/t29-,31+,36+,39-,41+/m1/s1. The van der Waals surface area contributed by atoms with Gasteiger partial charge in [0.25, 0.3) is 5.91 Å². The molecule has 10 heteroatoms. The number of hydrogen-bond donors (Lipinski definition) is 1. The first-order chi connectivity index (χ1) is 24.3. The predicted octanol–water partition coefficient (Wildman–Crippen LogP) is 6.06. The van der Waals surface area contributed by atoms with Crippen molar-refractivity contribution in [1.29, 1.82) is 0 Å². The topological polar surface area (TPSA) is 99.6 Å². The quantitative estimate of drug-likeness (QED) is 0.163. The minimum Gasteiger partial charge on any atom is -0.497 e. The van der Waals surface area contributed by atoms with Gasteiger partial charge in [-0.15, -0.1) is 0 Å². The van der Waals surface area contributed by atoms with E-state index in [4.69, 9.17) is 9.47 Å². The molecule has 274 valence electrons. The Morgan fingerprint density at radius 2 is 1.82 bits per heavy atom. The van der Waals surface area contributed by atoms with Gasteiger partial charge in [-0.25, -0.2) is 0 Å². The maximum atomic E-state index is 15.2. The summed E-state index contributed by atoms with van der Waals surface area (Å²) in [4.78, 5) is 47.3. The van der Waals surface area contributed by atoms with Crippen LogP contribution in [0.5, 0.6) is 5.75 Å². The first-order valence-corrected chi connectivity index (χ1v) is 21.7. The van der Waals surface area contributed by atoms with Crippen LogP contribution in [0, 0.1) is 5.92 Å². The van der Waals surface area contributed by atoms with Gasteiger partial charge in [0.05, 0.1) is 46.0 Å². The fraction of sp³-hybridized carbons (Fsp3) is 0.537. The van der Waals surface area contributed by atoms with Crippen LogP contribution in [0.1, 0.15) is 71.8 Å². The molecule has 5 atom stereocenters. The first kappa shape index (κ1) is 37.0. The van der Waals surface area contributed by atoms with E-state index in [-0.39, 0.29) is 48.3 Å². The van der Waals surface area contributed by atoms with Crippen molar-refractivity contribution in [2.24, 2.45) is 5.92 Å². The highest BCUT2D eigenvalue weighted by molar-refractivity contribution is 6.91. The number of amides is 3. The van der Waals surface area contributed by atoms with E-state index in [1.807, 2.05) is 40.1 Å². The number of aliphatic hydroxyl groups is 1. The fourth-order valence-electron chi connectivity index (χ4n) is 9.02. The number of anilines is 2. The van der Waals surface area contributed by atoms with Crippen molar-refractivity contribution in [2.75, 3.05) is 43.2 Å². The van der Waals surface area contributed by atoms with E-state index in [0.29, 0.717) is 26.1 Å². The number of carbonyl (C=O) groups is 3. The molecule has 1 spiro atoms. The third-order valence-corrected chi connectivity index (χ3v) is 16.3. The van der Waals surface area contributed by atoms with Gasteiger partial charge in [0.15, 0.2) is 5.60 Å². The molecule has 0 aliphatic carbocycles. The second-order valence-electron chi connectivity index (χ2n) is 15.7. The average Bonchev–Trinajstić information content (AvgIpc) is 3.76. The molecule has 2 aromatic rings. The third kappa shape index (κ3) is 6.71. The van der Waals surface area contributed by atoms with Gasteiger partial charge in [-0.3, -0.25) is 14.4 Å². The summed E-state index contributed by atoms with van der Waals surface area (Å²) >= 11 is 0. The van der Waals surface area contributed by atoms with Crippen LogP contribution in [0.25, 0.3) is 0 Å². The van der Waals surface area contributed by atoms with Crippen LogP contribution in [-0.2, 0) is 24.7 Å². The molecular formula is C41H55N3O6Si. The van der Waals surface area contributed by atoms with Crippen LogP contribution in [0.2, 0.25) is 18.6 Å². The van der Waals surface area contributed by atoms with Crippen molar-refractivity contribution in [3.05, 3.63) is 71.3 Å². The first-order valence-electron chi connectivity index (χ1n) is 18.6. The molecule has 0 unspecified atom stereocenters. The van der Waals surface area contributed by atoms with Gasteiger partial charge < -0.3 is 29.3 Å². The number of likely N-dealkylation sites (tertiary alicyclic amines) is 1. The largest absolute Gasteiger partial charge is 0.497 e. The van der Waals surface area contributed by atoms with E-state index in [2.05, 4.69) is 65.1 Å². The minimum atomic E-state index is -2.46. The zero-order valence-corrected chi connectivity index (χ0v) is 32.4. The number of carbonyl (C=O) groups excluding carboxylic acids is 3. The molecule has 0 bridgehead atoms. The second kappa shape index (κ2) is 14.7. The smallest absolute Gasteiger partial charge is 0.264 e. The van der Waals surface area contributed by atoms with Gasteiger partial charge in [-0.2, -0.15) is 0 Å². The van der Waals surface area contributed by atoms with E-state index in [1.165, 1.54) is 16.3 Å². The van der Waals surface area contributed by atoms with Crippen LogP contribution < -0.4 is 19.7 Å². The number of benzene rings is 2. The van der Waals surface area contributed by atoms with Crippen LogP contribution >= 0.6 is 0 Å². The molecule has 2 aromatic carbocycles. The molecule has 4 aliphatic rings. The molecule has 0 aromatic heterocycles. The summed E-state index contributed by atoms with van der Waals surface area (Å²) in [5.74, 6) is 0.424. The van der Waals surface area contributed by atoms with Crippen molar-refractivity contribution in [2.45, 2.75) is 103 Å². The summed E-state index contributed by atoms with van der Waals surface area (Å²) in [7, 11) is -0.805. The van der Waals surface area contributed by atoms with Crippen LogP contribution in [0.3, 0.4) is 0 Å². The lowest BCUT2D eigenvalue weighted by Gasteiger charge is -2.37. The molecule has 1 N–H and O–H groups in total. The van der Waals surface area contributed by atoms with E-state index in [0.717, 1.165) is 48.4 Å². The molecule has 6 rings (SSSR count). The Morgan fingerprint density at radius 3 is 2.45 bits per heavy atom. The molecule has 9 nitrogen and oxygen atoms in total. The average molecular weight is 714 g/mol. The Balaban J connectivity index is 1.43. The van der Waals surface area contributed by atoms with E-state index >= 15 is 4.79 Å². The summed E-state index contributed by atoms with van der Waals surface area (Å²) in [5.41, 5.74) is 3.43. The minimum absolute atomic E-state index is 0.0392. The lowest BCUT2D eigenvalue weighted by molar-refractivity contribution is -0.149. The fourth-order valence-corrected chi connectivity index (χ4v) is 13.0. The van der Waals surface area contributed by atoms with Crippen LogP contribution in [-0.4, -0.2) is 81.3 Å². The van der Waals surface area contributed by atoms with Crippen molar-refractivity contribution < 1.29 is 29.0 Å². The Hall–Kier alpha value is -3.73. The van der Waals surface area contributed by atoms with Gasteiger partial charge in [-0.1, -0.05) is 60.6 Å². The SMILES string of the molecule is COc1ccc([Si](C)(C)[C@H]2[C@H](CC(=O)N3CCC[C@H]3CO)O[C@@]3(C(=O)N(C/C=C(\C)CCC=C(C)C)c4ccc(N5CCC5=O)cc43)[C@@H]2C)cc1. The Labute approximate surface area is 304 Å². The normalized spacial score (nSPS) is 26.2. The maximum absolute atomic E-state index is 15.2. The van der Waals surface area contributed by atoms with Gasteiger partial charge in [0, 0.05) is 43.2 Å². The van der Waals surface area contributed by atoms with Gasteiger partial charge in [-0.05, 0) is 82.3 Å². The molecule has 51 heavy (non-hydrogen) atoms. The number of β-lactam (4-membered cyclic amide) rings is 1. The molecule has 3 amide bonds. The zero-order valence-electron chi connectivity index (χ0n) is 31.4. The highest BCUT2D eigenvalue weighted by atomic mass is 28.3. The Bertz CT molecular complexity index is 1720. The van der Waals surface area contributed by atoms with Crippen molar-refractivity contribution in [1.82, 2.24) is 4.90 Å². The van der Waals surface area contributed by atoms with Gasteiger partial charge in [0.2, 0.25) is 11.8 Å². The molecule has 0 saturated carbocycles. The zero-order chi connectivity index (χ0) is 36.7. The summed E-state index contributed by atoms with van der Waals surface area (Å²) in [6, 6.07) is 13.9. The maximum Gasteiger partial charge on any atom is 0.264 e. The lowest BCUT2D eigenvalue weighted by Crippen LogP contribution is -2.52. The lowest BCUT2D eigenvalue weighted by atomic mass is 9.82. The van der Waals surface area contributed by atoms with Crippen LogP contribution in [0.4, 0.5) is 11.4 Å². The molecular weight excluding hydrogens is 659 g/mol. The van der Waals surface area contributed by atoms with Crippen LogP contribution in [0.15, 0.2) is 65.8 Å². The highest BCUT2D eigenvalue weighted by Crippen LogP contribution is 2.60. The second-order valence-corrected chi connectivity index (χ2v) is 20.4. The predicted molar refractivity (Wildman–Crippen MR) is 204 cm³/mol. The van der Waals surface area contributed by atoms with E-state index in [1.54, 1.807) is 12.0 Å². The number of methoxy groups -OCH3 is 1. The Morgan fingerprint density at radius 1 is 1.08 bits per heavy atom. The number of hydrogen-bond acceptors (Lipinski definition) is 6. The van der Waals surface area contributed by atoms with E-state index < -0.39 is 19.8 Å².